The number of hydrogen-bond donors (Lipinski definition) is 4. The van der Waals surface area contributed by atoms with Gasteiger partial charge in [-0.3, -0.25) is 9.52 Å². The molecule has 1 amide bonds. The summed E-state index contributed by atoms with van der Waals surface area (Å²) in [6.45, 7) is 5.73. The van der Waals surface area contributed by atoms with Crippen LogP contribution in [0.25, 0.3) is 10.8 Å². The van der Waals surface area contributed by atoms with Gasteiger partial charge in [-0.2, -0.15) is 0 Å². The molecule has 0 aliphatic rings. The molecule has 0 unspecified atom stereocenters. The molecule has 11 heteroatoms. The molecule has 0 saturated heterocycles. The number of hydrazine groups is 1. The number of nitrogen functional groups attached to an aromatic ring is 1. The number of benzene rings is 2. The smallest absolute Gasteiger partial charge is 0.263 e. The van der Waals surface area contributed by atoms with E-state index in [0.717, 1.165) is 44.7 Å². The number of aromatic hydroxyl groups is 1. The number of unbranched alkanes of at least 4 members (excludes halogenated alkanes) is 30. The highest BCUT2D eigenvalue weighted by Gasteiger charge is 2.25. The van der Waals surface area contributed by atoms with E-state index < -0.39 is 10.0 Å². The zero-order valence-corrected chi connectivity index (χ0v) is 41.1. The molecule has 356 valence electrons. The number of amides is 1. The van der Waals surface area contributed by atoms with E-state index >= 15 is 0 Å². The Morgan fingerprint density at radius 3 is 1.38 bits per heavy atom. The number of sulfonamides is 1. The first-order valence-corrected chi connectivity index (χ1v) is 27.3. The highest BCUT2D eigenvalue weighted by molar-refractivity contribution is 7.92. The van der Waals surface area contributed by atoms with Crippen molar-refractivity contribution in [3.05, 3.63) is 53.2 Å². The minimum absolute atomic E-state index is 0.0469. The van der Waals surface area contributed by atoms with Gasteiger partial charge in [-0.1, -0.05) is 242 Å². The van der Waals surface area contributed by atoms with Crippen LogP contribution in [-0.2, 0) is 10.0 Å². The third-order valence-electron chi connectivity index (χ3n) is 12.6. The molecule has 1 aromatic heterocycles. The van der Waals surface area contributed by atoms with Crippen LogP contribution < -0.4 is 16.0 Å². The zero-order valence-electron chi connectivity index (χ0n) is 39.5. The minimum atomic E-state index is -4.18. The number of rotatable bonds is 39. The van der Waals surface area contributed by atoms with Crippen molar-refractivity contribution in [2.24, 2.45) is 5.84 Å². The third kappa shape index (κ3) is 21.6. The molecule has 3 aromatic rings. The first-order valence-electron chi connectivity index (χ1n) is 25.4. The number of fused-ring (bicyclic) bond motifs is 1. The maximum atomic E-state index is 14.4. The molecule has 9 nitrogen and oxygen atoms in total. The van der Waals surface area contributed by atoms with Crippen molar-refractivity contribution in [2.75, 3.05) is 23.2 Å². The molecule has 0 bridgehead atoms. The van der Waals surface area contributed by atoms with Crippen molar-refractivity contribution in [3.8, 4) is 5.75 Å². The van der Waals surface area contributed by atoms with Crippen molar-refractivity contribution in [3.63, 3.8) is 0 Å². The molecule has 5 N–H and O–H groups in total. The van der Waals surface area contributed by atoms with Crippen LogP contribution in [0, 0.1) is 0 Å². The Morgan fingerprint density at radius 2 is 1.00 bits per heavy atom. The number of carbonyl (C=O) groups excluding carboxylic acids is 1. The van der Waals surface area contributed by atoms with E-state index in [1.807, 2.05) is 4.90 Å². The Labute approximate surface area is 388 Å². The Morgan fingerprint density at radius 1 is 0.619 bits per heavy atom. The second-order valence-electron chi connectivity index (χ2n) is 18.0. The predicted molar refractivity (Wildman–Crippen MR) is 268 cm³/mol. The van der Waals surface area contributed by atoms with E-state index in [2.05, 4.69) is 29.0 Å². The van der Waals surface area contributed by atoms with Gasteiger partial charge in [0, 0.05) is 30.1 Å². The van der Waals surface area contributed by atoms with E-state index in [1.165, 1.54) is 179 Å². The van der Waals surface area contributed by atoms with Crippen LogP contribution in [0.4, 0.5) is 11.5 Å². The molecular formula is C52H86ClN5O4S. The van der Waals surface area contributed by atoms with E-state index in [0.29, 0.717) is 23.9 Å². The molecule has 0 aliphatic heterocycles. The number of halogens is 1. The first kappa shape index (κ1) is 54.3. The Bertz CT molecular complexity index is 1760. The van der Waals surface area contributed by atoms with Crippen molar-refractivity contribution in [2.45, 2.75) is 224 Å². The lowest BCUT2D eigenvalue weighted by molar-refractivity contribution is 0.0746. The topological polar surface area (TPSA) is 138 Å². The standard InChI is InChI=1S/C52H86ClN5O4S/c1-3-5-7-9-11-13-15-17-19-21-23-25-27-29-31-35-39-58(40-36-32-30-28-26-24-22-20-18-16-14-12-10-8-6-4-2)52(60)47-42-49(45-37-33-34-38-46(45)50(47)59)57-63(61,62)44-41-48(53)51(56-54)55-43-44/h33-34,37-38,41-43,57,59H,3-32,35-36,39-40,54H2,1-2H3,(H,55,56). The quantitative estimate of drug-likeness (QED) is 0.0193. The van der Waals surface area contributed by atoms with Gasteiger partial charge in [0.15, 0.2) is 5.82 Å². The minimum Gasteiger partial charge on any atom is -0.506 e. The number of carbonyl (C=O) groups is 1. The van der Waals surface area contributed by atoms with E-state index in [4.69, 9.17) is 17.4 Å². The number of pyridine rings is 1. The van der Waals surface area contributed by atoms with Gasteiger partial charge in [0.05, 0.1) is 16.3 Å². The van der Waals surface area contributed by atoms with Crippen LogP contribution in [0.3, 0.4) is 0 Å². The Balaban J connectivity index is 1.55. The molecule has 0 fully saturated rings. The van der Waals surface area contributed by atoms with Gasteiger partial charge < -0.3 is 15.4 Å². The number of nitrogens with one attached hydrogen (secondary N) is 2. The summed E-state index contributed by atoms with van der Waals surface area (Å²) in [5.41, 5.74) is 2.61. The van der Waals surface area contributed by atoms with Gasteiger partial charge in [0.25, 0.3) is 15.9 Å². The number of nitrogens with two attached hydrogens (primary N) is 1. The normalized spacial score (nSPS) is 11.7. The zero-order chi connectivity index (χ0) is 45.4. The van der Waals surface area contributed by atoms with Crippen molar-refractivity contribution < 1.29 is 18.3 Å². The van der Waals surface area contributed by atoms with E-state index in [1.54, 1.807) is 24.3 Å². The second-order valence-corrected chi connectivity index (χ2v) is 20.1. The lowest BCUT2D eigenvalue weighted by atomic mass is 10.0. The van der Waals surface area contributed by atoms with E-state index in [-0.39, 0.29) is 38.6 Å². The van der Waals surface area contributed by atoms with Gasteiger partial charge in [-0.15, -0.1) is 0 Å². The van der Waals surface area contributed by atoms with Crippen LogP contribution in [-0.4, -0.2) is 42.4 Å². The van der Waals surface area contributed by atoms with Crippen LogP contribution >= 0.6 is 11.6 Å². The predicted octanol–water partition coefficient (Wildman–Crippen LogP) is 15.6. The Kier molecular flexibility index (Phi) is 28.8. The summed E-state index contributed by atoms with van der Waals surface area (Å²) in [6, 6.07) is 9.69. The van der Waals surface area contributed by atoms with Crippen LogP contribution in [0.15, 0.2) is 47.5 Å². The summed E-state index contributed by atoms with van der Waals surface area (Å²) < 4.78 is 29.9. The average molecular weight is 913 g/mol. The number of phenols is 1. The van der Waals surface area contributed by atoms with Gasteiger partial charge in [-0.05, 0) is 25.0 Å². The SMILES string of the molecule is CCCCCCCCCCCCCCCCCCN(CCCCCCCCCCCCCCCCCC)C(=O)c1cc(NS(=O)(=O)c2cnc(NN)c(Cl)c2)c2ccccc2c1O. The summed E-state index contributed by atoms with van der Waals surface area (Å²) in [7, 11) is -4.18. The van der Waals surface area contributed by atoms with Gasteiger partial charge in [0.1, 0.15) is 10.6 Å². The highest BCUT2D eigenvalue weighted by Crippen LogP contribution is 2.37. The number of nitrogens with zero attached hydrogens (tertiary/aromatic N) is 2. The number of anilines is 2. The van der Waals surface area contributed by atoms with Gasteiger partial charge in [0.2, 0.25) is 0 Å². The molecule has 1 heterocycles. The maximum Gasteiger partial charge on any atom is 0.263 e. The third-order valence-corrected chi connectivity index (χ3v) is 14.2. The Hall–Kier alpha value is -3.08. The maximum absolute atomic E-state index is 14.4. The van der Waals surface area contributed by atoms with Crippen molar-refractivity contribution in [1.82, 2.24) is 9.88 Å². The largest absolute Gasteiger partial charge is 0.506 e. The summed E-state index contributed by atoms with van der Waals surface area (Å²) in [6.07, 6.45) is 42.2. The van der Waals surface area contributed by atoms with Crippen LogP contribution in [0.5, 0.6) is 5.75 Å². The second kappa shape index (κ2) is 33.4. The highest BCUT2D eigenvalue weighted by atomic mass is 35.5. The monoisotopic (exact) mass is 912 g/mol. The van der Waals surface area contributed by atoms with Crippen LogP contribution in [0.1, 0.15) is 230 Å². The summed E-state index contributed by atoms with van der Waals surface area (Å²) in [4.78, 5) is 20.2. The van der Waals surface area contributed by atoms with Crippen molar-refractivity contribution >= 4 is 49.8 Å². The fourth-order valence-corrected chi connectivity index (χ4v) is 10.00. The fourth-order valence-electron chi connectivity index (χ4n) is 8.67. The molecule has 0 atom stereocenters. The molecule has 0 aliphatic carbocycles. The summed E-state index contributed by atoms with van der Waals surface area (Å²) in [5, 5.41) is 12.5. The molecule has 0 spiro atoms. The average Bonchev–Trinajstić information content (AvgIpc) is 3.28. The first-order chi connectivity index (χ1) is 30.7. The lowest BCUT2D eigenvalue weighted by Gasteiger charge is -2.24. The van der Waals surface area contributed by atoms with Crippen LogP contribution in [0.2, 0.25) is 5.02 Å². The molecule has 3 rings (SSSR count). The molecule has 0 saturated carbocycles. The van der Waals surface area contributed by atoms with Gasteiger partial charge in [-0.25, -0.2) is 19.2 Å². The van der Waals surface area contributed by atoms with Crippen molar-refractivity contribution in [1.29, 1.82) is 0 Å². The number of aromatic nitrogens is 1. The lowest BCUT2D eigenvalue weighted by Crippen LogP contribution is -2.33. The summed E-state index contributed by atoms with van der Waals surface area (Å²) in [5.74, 6) is 5.16. The summed E-state index contributed by atoms with van der Waals surface area (Å²) >= 11 is 6.22. The number of phenolic OH excluding ortho intramolecular Hbond substituents is 1. The molecule has 63 heavy (non-hydrogen) atoms. The van der Waals surface area contributed by atoms with E-state index in [9.17, 15) is 18.3 Å². The molecule has 2 aromatic carbocycles. The van der Waals surface area contributed by atoms with Gasteiger partial charge >= 0.3 is 0 Å². The fraction of sp³-hybridized carbons (Fsp3) is 0.692. The molecular weight excluding hydrogens is 826 g/mol. The molecule has 0 radical (unpaired) electrons. The number of hydrogen-bond acceptors (Lipinski definition) is 7.